The van der Waals surface area contributed by atoms with E-state index in [1.807, 2.05) is 12.1 Å². The summed E-state index contributed by atoms with van der Waals surface area (Å²) >= 11 is 0. The molecule has 0 fully saturated rings. The smallest absolute Gasteiger partial charge is 0.307 e. The van der Waals surface area contributed by atoms with Gasteiger partial charge in [-0.25, -0.2) is 0 Å². The van der Waals surface area contributed by atoms with Crippen molar-refractivity contribution in [3.8, 4) is 23.0 Å². The van der Waals surface area contributed by atoms with Gasteiger partial charge in [-0.1, -0.05) is 0 Å². The summed E-state index contributed by atoms with van der Waals surface area (Å²) in [5, 5.41) is 0. The molecular formula is C24H27NO7. The van der Waals surface area contributed by atoms with Crippen LogP contribution in [0.5, 0.6) is 23.0 Å². The minimum absolute atomic E-state index is 0.0370. The Morgan fingerprint density at radius 1 is 1.00 bits per heavy atom. The van der Waals surface area contributed by atoms with Crippen LogP contribution in [0.25, 0.3) is 0 Å². The Hall–Kier alpha value is -3.42. The molecule has 4 rings (SSSR count). The lowest BCUT2D eigenvalue weighted by Crippen LogP contribution is -2.41. The van der Waals surface area contributed by atoms with Gasteiger partial charge in [-0.3, -0.25) is 9.59 Å². The van der Waals surface area contributed by atoms with E-state index >= 15 is 0 Å². The molecule has 2 aromatic carbocycles. The van der Waals surface area contributed by atoms with Gasteiger partial charge >= 0.3 is 5.97 Å². The van der Waals surface area contributed by atoms with Crippen LogP contribution in [0.1, 0.15) is 40.4 Å². The Morgan fingerprint density at radius 2 is 1.72 bits per heavy atom. The third-order valence-corrected chi connectivity index (χ3v) is 5.85. The van der Waals surface area contributed by atoms with Crippen LogP contribution in [-0.4, -0.2) is 57.9 Å². The summed E-state index contributed by atoms with van der Waals surface area (Å²) in [4.78, 5) is 27.5. The number of benzene rings is 2. The molecule has 2 heterocycles. The van der Waals surface area contributed by atoms with E-state index in [9.17, 15) is 9.59 Å². The average Bonchev–Trinajstić information content (AvgIpc) is 3.07. The predicted molar refractivity (Wildman–Crippen MR) is 116 cm³/mol. The number of esters is 1. The largest absolute Gasteiger partial charge is 0.493 e. The minimum Gasteiger partial charge on any atom is -0.493 e. The first-order chi connectivity index (χ1) is 15.5. The van der Waals surface area contributed by atoms with Crippen molar-refractivity contribution in [1.82, 2.24) is 4.90 Å². The lowest BCUT2D eigenvalue weighted by atomic mass is 9.89. The summed E-state index contributed by atoms with van der Waals surface area (Å²) in [6.45, 7) is 1.57. The fourth-order valence-corrected chi connectivity index (χ4v) is 4.19. The van der Waals surface area contributed by atoms with Gasteiger partial charge < -0.3 is 28.6 Å². The van der Waals surface area contributed by atoms with Crippen LogP contribution in [0.2, 0.25) is 0 Å². The molecule has 170 valence electrons. The molecule has 8 heteroatoms. The van der Waals surface area contributed by atoms with E-state index in [1.54, 1.807) is 37.3 Å². The van der Waals surface area contributed by atoms with Crippen molar-refractivity contribution in [2.45, 2.75) is 25.3 Å². The summed E-state index contributed by atoms with van der Waals surface area (Å²) in [7, 11) is 4.48. The molecule has 2 aliphatic heterocycles. The summed E-state index contributed by atoms with van der Waals surface area (Å²) in [5.74, 6) is 1.77. The quantitative estimate of drug-likeness (QED) is 0.659. The first-order valence-electron chi connectivity index (χ1n) is 10.6. The first-order valence-corrected chi connectivity index (χ1v) is 10.6. The number of ether oxygens (including phenoxy) is 5. The van der Waals surface area contributed by atoms with E-state index in [1.165, 1.54) is 7.11 Å². The van der Waals surface area contributed by atoms with Crippen LogP contribution in [-0.2, 0) is 16.0 Å². The third kappa shape index (κ3) is 4.17. The molecular weight excluding hydrogens is 414 g/mol. The zero-order valence-electron chi connectivity index (χ0n) is 18.5. The van der Waals surface area contributed by atoms with Gasteiger partial charge in [-0.2, -0.15) is 0 Å². The average molecular weight is 441 g/mol. The molecule has 0 bridgehead atoms. The molecule has 1 amide bonds. The van der Waals surface area contributed by atoms with E-state index in [4.69, 9.17) is 23.7 Å². The molecule has 0 aromatic heterocycles. The van der Waals surface area contributed by atoms with Gasteiger partial charge in [-0.15, -0.1) is 0 Å². The van der Waals surface area contributed by atoms with Crippen LogP contribution < -0.4 is 18.9 Å². The van der Waals surface area contributed by atoms with E-state index in [0.717, 1.165) is 17.5 Å². The van der Waals surface area contributed by atoms with Crippen LogP contribution in [0.4, 0.5) is 0 Å². The Balaban J connectivity index is 1.70. The van der Waals surface area contributed by atoms with Crippen molar-refractivity contribution in [2.24, 2.45) is 0 Å². The van der Waals surface area contributed by atoms with E-state index in [-0.39, 0.29) is 12.3 Å². The maximum Gasteiger partial charge on any atom is 0.307 e. The van der Waals surface area contributed by atoms with Crippen molar-refractivity contribution in [3.05, 3.63) is 47.0 Å². The van der Waals surface area contributed by atoms with Gasteiger partial charge in [0.1, 0.15) is 0 Å². The predicted octanol–water partition coefficient (Wildman–Crippen LogP) is 3.17. The van der Waals surface area contributed by atoms with Gasteiger partial charge in [0.15, 0.2) is 23.0 Å². The van der Waals surface area contributed by atoms with Crippen molar-refractivity contribution in [3.63, 3.8) is 0 Å². The normalized spacial score (nSPS) is 17.1. The molecule has 32 heavy (non-hydrogen) atoms. The summed E-state index contributed by atoms with van der Waals surface area (Å²) in [6.07, 6.45) is 1.45. The number of hydrogen-bond donors (Lipinski definition) is 0. The molecule has 0 saturated carbocycles. The van der Waals surface area contributed by atoms with E-state index < -0.39 is 12.0 Å². The second-order valence-corrected chi connectivity index (χ2v) is 7.66. The SMILES string of the molecule is COC(=O)CC1c2cc(OC)c(OC)cc2CCN1C(=O)c1ccc2c(c1)OCCCO2. The molecule has 1 atom stereocenters. The summed E-state index contributed by atoms with van der Waals surface area (Å²) in [5.41, 5.74) is 2.34. The van der Waals surface area contributed by atoms with Crippen molar-refractivity contribution < 1.29 is 33.3 Å². The molecule has 0 spiro atoms. The van der Waals surface area contributed by atoms with Crippen LogP contribution in [0.3, 0.4) is 0 Å². The standard InChI is InChI=1S/C24H27NO7/c1-28-20-11-15-7-8-25(18(14-23(26)30-3)17(15)13-21(20)29-2)24(27)16-5-6-19-22(12-16)32-10-4-9-31-19/h5-6,11-13,18H,4,7-10,14H2,1-3H3. The number of fused-ring (bicyclic) bond motifs is 2. The maximum absolute atomic E-state index is 13.6. The van der Waals surface area contributed by atoms with Gasteiger partial charge in [0.2, 0.25) is 0 Å². The second kappa shape index (κ2) is 9.38. The number of carbonyl (C=O) groups is 2. The molecule has 8 nitrogen and oxygen atoms in total. The monoisotopic (exact) mass is 441 g/mol. The molecule has 0 N–H and O–H groups in total. The number of carbonyl (C=O) groups excluding carboxylic acids is 2. The second-order valence-electron chi connectivity index (χ2n) is 7.66. The molecule has 1 unspecified atom stereocenters. The topological polar surface area (TPSA) is 83.5 Å². The highest BCUT2D eigenvalue weighted by atomic mass is 16.5. The molecule has 2 aliphatic rings. The highest BCUT2D eigenvalue weighted by Gasteiger charge is 2.34. The highest BCUT2D eigenvalue weighted by molar-refractivity contribution is 5.95. The number of nitrogens with zero attached hydrogens (tertiary/aromatic N) is 1. The minimum atomic E-state index is -0.491. The lowest BCUT2D eigenvalue weighted by molar-refractivity contribution is -0.141. The number of rotatable bonds is 5. The Bertz CT molecular complexity index is 1020. The van der Waals surface area contributed by atoms with Crippen LogP contribution in [0.15, 0.2) is 30.3 Å². The fraction of sp³-hybridized carbons (Fsp3) is 0.417. The van der Waals surface area contributed by atoms with Gasteiger partial charge in [-0.05, 0) is 47.9 Å². The van der Waals surface area contributed by atoms with Crippen molar-refractivity contribution in [2.75, 3.05) is 41.1 Å². The first kappa shape index (κ1) is 21.8. The Kier molecular flexibility index (Phi) is 6.39. The van der Waals surface area contributed by atoms with Crippen LogP contribution >= 0.6 is 0 Å². The summed E-state index contributed by atoms with van der Waals surface area (Å²) in [6, 6.07) is 8.46. The van der Waals surface area contributed by atoms with E-state index in [2.05, 4.69) is 0 Å². The molecule has 0 aliphatic carbocycles. The summed E-state index contributed by atoms with van der Waals surface area (Å²) < 4.78 is 27.2. The fourth-order valence-electron chi connectivity index (χ4n) is 4.19. The zero-order chi connectivity index (χ0) is 22.7. The Labute approximate surface area is 187 Å². The highest BCUT2D eigenvalue weighted by Crippen LogP contribution is 2.40. The molecule has 0 radical (unpaired) electrons. The Morgan fingerprint density at radius 3 is 2.44 bits per heavy atom. The zero-order valence-corrected chi connectivity index (χ0v) is 18.5. The van der Waals surface area contributed by atoms with Crippen LogP contribution in [0, 0.1) is 0 Å². The van der Waals surface area contributed by atoms with Gasteiger partial charge in [0, 0.05) is 18.5 Å². The number of methoxy groups -OCH3 is 3. The van der Waals surface area contributed by atoms with Gasteiger partial charge in [0.05, 0.1) is 47.0 Å². The number of amides is 1. The third-order valence-electron chi connectivity index (χ3n) is 5.85. The molecule has 2 aromatic rings. The maximum atomic E-state index is 13.6. The lowest BCUT2D eigenvalue weighted by Gasteiger charge is -2.37. The number of hydrogen-bond acceptors (Lipinski definition) is 7. The molecule has 0 saturated heterocycles. The van der Waals surface area contributed by atoms with E-state index in [0.29, 0.717) is 54.7 Å². The van der Waals surface area contributed by atoms with Gasteiger partial charge in [0.25, 0.3) is 5.91 Å². The van der Waals surface area contributed by atoms with Crippen molar-refractivity contribution in [1.29, 1.82) is 0 Å². The van der Waals surface area contributed by atoms with Crippen molar-refractivity contribution >= 4 is 11.9 Å².